The maximum Gasteiger partial charge on any atom is 0.120 e. The van der Waals surface area contributed by atoms with Crippen LogP contribution in [0.2, 0.25) is 0 Å². The number of hydrogen-bond donors (Lipinski definition) is 2. The predicted molar refractivity (Wildman–Crippen MR) is 51.1 cm³/mol. The van der Waals surface area contributed by atoms with Gasteiger partial charge < -0.3 is 11.1 Å². The van der Waals surface area contributed by atoms with Crippen LogP contribution in [-0.4, -0.2) is 22.0 Å². The molecule has 0 saturated heterocycles. The number of nitrogens with zero attached hydrogens (tertiary/aromatic N) is 1. The smallest absolute Gasteiger partial charge is 0.120 e. The van der Waals surface area contributed by atoms with E-state index in [1.54, 1.807) is 12.3 Å². The van der Waals surface area contributed by atoms with Crippen LogP contribution in [0.25, 0.3) is 0 Å². The van der Waals surface area contributed by atoms with E-state index >= 15 is 0 Å². The summed E-state index contributed by atoms with van der Waals surface area (Å²) in [5.41, 5.74) is 5.62. The van der Waals surface area contributed by atoms with Gasteiger partial charge in [0.25, 0.3) is 0 Å². The average Bonchev–Trinajstić information content (AvgIpc) is 1.96. The number of allylic oxidation sites excluding steroid dienone is 1. The number of dihydropyridines is 1. The van der Waals surface area contributed by atoms with Gasteiger partial charge in [-0.2, -0.15) is 0 Å². The minimum atomic E-state index is -0.410. The molecule has 54 valence electrons. The molecule has 1 heterocycles. The van der Waals surface area contributed by atoms with E-state index in [9.17, 15) is 0 Å². The fourth-order valence-electron chi connectivity index (χ4n) is 0.679. The Morgan fingerprint density at radius 3 is 2.90 bits per heavy atom. The average molecular weight is 249 g/mol. The summed E-state index contributed by atoms with van der Waals surface area (Å²) in [6.45, 7) is 0. The van der Waals surface area contributed by atoms with Crippen LogP contribution in [0.3, 0.4) is 0 Å². The number of nitrogens with two attached hydrogens (primary N) is 1. The molecule has 1 aliphatic rings. The molecule has 0 aromatic rings. The maximum absolute atomic E-state index is 7.09. The predicted octanol–water partition coefficient (Wildman–Crippen LogP) is 0.735. The molecule has 1 rings (SSSR count). The number of rotatable bonds is 1. The Hall–Kier alpha value is -0.230. The Morgan fingerprint density at radius 1 is 1.80 bits per heavy atom. The zero-order valence-corrected chi connectivity index (χ0v) is 7.45. The molecule has 3 N–H and O–H groups in total. The Labute approximate surface area is 73.1 Å². The lowest BCUT2D eigenvalue weighted by Crippen LogP contribution is -2.42. The van der Waals surface area contributed by atoms with Gasteiger partial charge in [-0.3, -0.25) is 4.99 Å². The van der Waals surface area contributed by atoms with Crippen LogP contribution in [0.15, 0.2) is 17.1 Å². The molecule has 2 atom stereocenters. The van der Waals surface area contributed by atoms with Crippen molar-refractivity contribution in [3.8, 4) is 0 Å². The fourth-order valence-corrected chi connectivity index (χ4v) is 1.05. The van der Waals surface area contributed by atoms with Crippen molar-refractivity contribution in [1.29, 1.82) is 5.41 Å². The van der Waals surface area contributed by atoms with E-state index in [1.165, 1.54) is 6.21 Å². The van der Waals surface area contributed by atoms with Gasteiger partial charge in [-0.05, 0) is 6.08 Å². The van der Waals surface area contributed by atoms with Crippen molar-refractivity contribution in [3.63, 3.8) is 0 Å². The zero-order valence-electron chi connectivity index (χ0n) is 5.29. The molecular weight excluding hydrogens is 241 g/mol. The molecule has 0 saturated carbocycles. The number of nitrogens with one attached hydrogen (secondary N) is 1. The van der Waals surface area contributed by atoms with Crippen LogP contribution in [-0.2, 0) is 0 Å². The van der Waals surface area contributed by atoms with Crippen molar-refractivity contribution < 1.29 is 0 Å². The van der Waals surface area contributed by atoms with Crippen LogP contribution in [0.4, 0.5) is 0 Å². The number of hydrogen-bond acceptors (Lipinski definition) is 3. The first kappa shape index (κ1) is 7.87. The Kier molecular flexibility index (Phi) is 2.20. The molecule has 0 amide bonds. The number of aliphatic imine (C=N–C) groups is 1. The molecule has 3 nitrogen and oxygen atoms in total. The van der Waals surface area contributed by atoms with Crippen LogP contribution in [0.1, 0.15) is 0 Å². The van der Waals surface area contributed by atoms with Crippen molar-refractivity contribution in [2.45, 2.75) is 9.59 Å². The van der Waals surface area contributed by atoms with E-state index in [-0.39, 0.29) is 6.17 Å². The summed E-state index contributed by atoms with van der Waals surface area (Å²) in [7, 11) is 0. The van der Waals surface area contributed by atoms with Gasteiger partial charge in [0.1, 0.15) is 9.59 Å². The molecule has 1 aliphatic heterocycles. The standard InChI is InChI=1S/C6H8IN3/c7-6(4-8)2-1-3-10-5(6)9/h1-5,8H,9H2. The third-order valence-electron chi connectivity index (χ3n) is 1.36. The second kappa shape index (κ2) is 2.79. The molecule has 4 heteroatoms. The fraction of sp³-hybridized carbons (Fsp3) is 0.333. The molecule has 0 aromatic heterocycles. The van der Waals surface area contributed by atoms with Gasteiger partial charge in [0.2, 0.25) is 0 Å². The second-order valence-electron chi connectivity index (χ2n) is 2.07. The summed E-state index contributed by atoms with van der Waals surface area (Å²) in [5.74, 6) is 0. The highest BCUT2D eigenvalue weighted by Crippen LogP contribution is 2.23. The Bertz CT molecular complexity index is 199. The quantitative estimate of drug-likeness (QED) is 0.401. The van der Waals surface area contributed by atoms with E-state index in [4.69, 9.17) is 11.1 Å². The minimum Gasteiger partial charge on any atom is -0.311 e. The van der Waals surface area contributed by atoms with Gasteiger partial charge in [-0.25, -0.2) is 0 Å². The third-order valence-corrected chi connectivity index (χ3v) is 2.67. The molecule has 0 fully saturated rings. The SMILES string of the molecule is N=CC1(I)C=CC=NC1N. The zero-order chi connectivity index (χ0) is 7.61. The Morgan fingerprint density at radius 2 is 2.50 bits per heavy atom. The van der Waals surface area contributed by atoms with E-state index in [0.717, 1.165) is 0 Å². The first-order chi connectivity index (χ1) is 4.69. The molecule has 0 aromatic carbocycles. The molecule has 0 aliphatic carbocycles. The van der Waals surface area contributed by atoms with Crippen molar-refractivity contribution >= 4 is 35.0 Å². The minimum absolute atomic E-state index is 0.310. The molecular formula is C6H8IN3. The maximum atomic E-state index is 7.09. The summed E-state index contributed by atoms with van der Waals surface area (Å²) in [5, 5.41) is 7.09. The molecule has 10 heavy (non-hydrogen) atoms. The monoisotopic (exact) mass is 249 g/mol. The van der Waals surface area contributed by atoms with E-state index < -0.39 is 3.42 Å². The Balaban J connectivity index is 2.87. The van der Waals surface area contributed by atoms with Crippen LogP contribution in [0.5, 0.6) is 0 Å². The highest BCUT2D eigenvalue weighted by atomic mass is 127. The topological polar surface area (TPSA) is 62.2 Å². The number of alkyl halides is 1. The first-order valence-electron chi connectivity index (χ1n) is 2.86. The first-order valence-corrected chi connectivity index (χ1v) is 3.94. The lowest BCUT2D eigenvalue weighted by molar-refractivity contribution is 0.697. The number of halogens is 1. The largest absolute Gasteiger partial charge is 0.311 e. The summed E-state index contributed by atoms with van der Waals surface area (Å²) < 4.78 is -0.410. The van der Waals surface area contributed by atoms with Gasteiger partial charge in [0.05, 0.1) is 0 Å². The van der Waals surface area contributed by atoms with Crippen LogP contribution >= 0.6 is 22.6 Å². The van der Waals surface area contributed by atoms with Gasteiger partial charge >= 0.3 is 0 Å². The van der Waals surface area contributed by atoms with E-state index in [2.05, 4.69) is 27.6 Å². The summed E-state index contributed by atoms with van der Waals surface area (Å²) in [6, 6.07) is 0. The highest BCUT2D eigenvalue weighted by Gasteiger charge is 2.29. The molecule has 2 unspecified atom stereocenters. The van der Waals surface area contributed by atoms with Crippen LogP contribution in [0, 0.1) is 5.41 Å². The lowest BCUT2D eigenvalue weighted by Gasteiger charge is -2.24. The summed E-state index contributed by atoms with van der Waals surface area (Å²) in [4.78, 5) is 3.96. The summed E-state index contributed by atoms with van der Waals surface area (Å²) in [6.07, 6.45) is 6.34. The molecule has 0 bridgehead atoms. The van der Waals surface area contributed by atoms with E-state index in [1.807, 2.05) is 6.08 Å². The van der Waals surface area contributed by atoms with Gasteiger partial charge in [-0.15, -0.1) is 0 Å². The molecule has 0 spiro atoms. The summed E-state index contributed by atoms with van der Waals surface area (Å²) >= 11 is 2.11. The van der Waals surface area contributed by atoms with Crippen molar-refractivity contribution in [1.82, 2.24) is 0 Å². The normalized spacial score (nSPS) is 38.0. The van der Waals surface area contributed by atoms with Gasteiger partial charge in [0.15, 0.2) is 0 Å². The lowest BCUT2D eigenvalue weighted by atomic mass is 10.1. The van der Waals surface area contributed by atoms with Gasteiger partial charge in [-0.1, -0.05) is 28.7 Å². The van der Waals surface area contributed by atoms with Crippen molar-refractivity contribution in [2.75, 3.05) is 0 Å². The molecule has 0 radical (unpaired) electrons. The second-order valence-corrected chi connectivity index (χ2v) is 3.94. The van der Waals surface area contributed by atoms with Crippen LogP contribution < -0.4 is 5.73 Å². The van der Waals surface area contributed by atoms with Gasteiger partial charge in [0, 0.05) is 12.4 Å². The van der Waals surface area contributed by atoms with Crippen molar-refractivity contribution in [2.24, 2.45) is 10.7 Å². The van der Waals surface area contributed by atoms with E-state index in [0.29, 0.717) is 0 Å². The van der Waals surface area contributed by atoms with Crippen molar-refractivity contribution in [3.05, 3.63) is 12.2 Å². The third kappa shape index (κ3) is 1.27. The highest BCUT2D eigenvalue weighted by molar-refractivity contribution is 14.1.